The van der Waals surface area contributed by atoms with Crippen molar-refractivity contribution in [2.75, 3.05) is 9.80 Å². The number of furan rings is 2. The summed E-state index contributed by atoms with van der Waals surface area (Å²) in [5.41, 5.74) is 9.49. The number of nitrogens with zero attached hydrogens (tertiary/aromatic N) is 2. The summed E-state index contributed by atoms with van der Waals surface area (Å²) in [6, 6.07) is 54.2. The molecule has 0 radical (unpaired) electrons. The smallest absolute Gasteiger partial charge is 0.181 e. The van der Waals surface area contributed by atoms with Gasteiger partial charge in [0.05, 0.1) is 10.8 Å². The number of fused-ring (bicyclic) bond motifs is 5. The van der Waals surface area contributed by atoms with Gasteiger partial charge in [0.1, 0.15) is 11.2 Å². The Balaban J connectivity index is 1.29. The number of rotatable bonds is 6. The summed E-state index contributed by atoms with van der Waals surface area (Å²) in [5, 5.41) is 1.89. The second-order valence-electron chi connectivity index (χ2n) is 10.2. The fourth-order valence-electron chi connectivity index (χ4n) is 5.72. The van der Waals surface area contributed by atoms with Crippen molar-refractivity contribution in [1.82, 2.24) is 0 Å². The average molecular weight is 543 g/mol. The van der Waals surface area contributed by atoms with Gasteiger partial charge in [-0.1, -0.05) is 72.8 Å². The van der Waals surface area contributed by atoms with Gasteiger partial charge in [0.15, 0.2) is 11.2 Å². The molecule has 42 heavy (non-hydrogen) atoms. The van der Waals surface area contributed by atoms with Gasteiger partial charge in [-0.15, -0.1) is 0 Å². The molecule has 0 aliphatic carbocycles. The lowest BCUT2D eigenvalue weighted by molar-refractivity contribution is 0.653. The van der Waals surface area contributed by atoms with E-state index in [4.69, 9.17) is 8.83 Å². The first-order chi connectivity index (χ1) is 20.8. The summed E-state index contributed by atoms with van der Waals surface area (Å²) in [7, 11) is 0. The van der Waals surface area contributed by atoms with Gasteiger partial charge in [-0.05, 0) is 84.9 Å². The van der Waals surface area contributed by atoms with Gasteiger partial charge in [-0.25, -0.2) is 0 Å². The maximum atomic E-state index is 6.47. The van der Waals surface area contributed by atoms with Crippen molar-refractivity contribution >= 4 is 67.2 Å². The van der Waals surface area contributed by atoms with Gasteiger partial charge in [0, 0.05) is 34.1 Å². The van der Waals surface area contributed by atoms with E-state index in [1.807, 2.05) is 36.4 Å². The second kappa shape index (κ2) is 10.0. The summed E-state index contributed by atoms with van der Waals surface area (Å²) < 4.78 is 12.9. The Kier molecular flexibility index (Phi) is 5.75. The summed E-state index contributed by atoms with van der Waals surface area (Å²) in [6.07, 6.45) is 0. The van der Waals surface area contributed by atoms with Crippen molar-refractivity contribution in [3.63, 3.8) is 0 Å². The molecule has 0 spiro atoms. The first-order valence-electron chi connectivity index (χ1n) is 14.0. The molecule has 0 atom stereocenters. The fourth-order valence-corrected chi connectivity index (χ4v) is 5.72. The lowest BCUT2D eigenvalue weighted by Crippen LogP contribution is -2.09. The van der Waals surface area contributed by atoms with E-state index in [0.717, 1.165) is 67.2 Å². The van der Waals surface area contributed by atoms with E-state index in [9.17, 15) is 0 Å². The normalized spacial score (nSPS) is 11.3. The van der Waals surface area contributed by atoms with Crippen LogP contribution < -0.4 is 9.80 Å². The average Bonchev–Trinajstić information content (AvgIpc) is 3.59. The van der Waals surface area contributed by atoms with Crippen molar-refractivity contribution in [3.05, 3.63) is 158 Å². The molecule has 0 saturated heterocycles. The monoisotopic (exact) mass is 542 g/mol. The van der Waals surface area contributed by atoms with Crippen LogP contribution in [0.3, 0.4) is 0 Å². The molecule has 2 heterocycles. The topological polar surface area (TPSA) is 32.8 Å². The van der Waals surface area contributed by atoms with Crippen LogP contribution in [0.25, 0.3) is 33.1 Å². The summed E-state index contributed by atoms with van der Waals surface area (Å²) in [5.74, 6) is 0. The highest BCUT2D eigenvalue weighted by Crippen LogP contribution is 2.43. The molecule has 0 amide bonds. The van der Waals surface area contributed by atoms with Crippen molar-refractivity contribution in [2.45, 2.75) is 0 Å². The molecule has 8 aromatic rings. The van der Waals surface area contributed by atoms with Crippen LogP contribution in [0.2, 0.25) is 0 Å². The highest BCUT2D eigenvalue weighted by atomic mass is 16.4. The largest absolute Gasteiger partial charge is 0.452 e. The molecule has 2 aromatic heterocycles. The minimum Gasteiger partial charge on any atom is -0.452 e. The van der Waals surface area contributed by atoms with E-state index in [0.29, 0.717) is 0 Å². The molecular weight excluding hydrogens is 516 g/mol. The molecule has 0 aliphatic rings. The Hall–Kier alpha value is -5.74. The molecule has 200 valence electrons. The summed E-state index contributed by atoms with van der Waals surface area (Å²) in [4.78, 5) is 4.49. The molecule has 0 aliphatic heterocycles. The Morgan fingerprint density at radius 2 is 0.619 bits per heavy atom. The second-order valence-corrected chi connectivity index (χ2v) is 10.2. The zero-order chi connectivity index (χ0) is 27.9. The standard InChI is InChI=1S/C38H26N2O2/c1-5-13-27(14-6-1)39(28-15-7-2-8-16-28)31-21-23-35-33(25-31)37-38(41-35)34-26-32(22-24-36(34)42-37)40(29-17-9-3-10-18-29)30-19-11-4-12-20-30/h1-26H. The third-order valence-electron chi connectivity index (χ3n) is 7.62. The molecule has 8 rings (SSSR count). The van der Waals surface area contributed by atoms with Crippen LogP contribution >= 0.6 is 0 Å². The van der Waals surface area contributed by atoms with Gasteiger partial charge in [0.2, 0.25) is 0 Å². The first kappa shape index (κ1) is 24.1. The van der Waals surface area contributed by atoms with Crippen LogP contribution in [0.4, 0.5) is 34.1 Å². The van der Waals surface area contributed by atoms with Crippen molar-refractivity contribution in [1.29, 1.82) is 0 Å². The zero-order valence-corrected chi connectivity index (χ0v) is 22.7. The van der Waals surface area contributed by atoms with E-state index >= 15 is 0 Å². The van der Waals surface area contributed by atoms with Gasteiger partial charge in [-0.2, -0.15) is 0 Å². The molecule has 4 nitrogen and oxygen atoms in total. The number of hydrogen-bond donors (Lipinski definition) is 0. The summed E-state index contributed by atoms with van der Waals surface area (Å²) in [6.45, 7) is 0. The number of hydrogen-bond acceptors (Lipinski definition) is 4. The van der Waals surface area contributed by atoms with Crippen molar-refractivity contribution in [2.24, 2.45) is 0 Å². The van der Waals surface area contributed by atoms with Crippen molar-refractivity contribution < 1.29 is 8.83 Å². The molecule has 4 heteroatoms. The number of anilines is 6. The van der Waals surface area contributed by atoms with E-state index < -0.39 is 0 Å². The Morgan fingerprint density at radius 1 is 0.310 bits per heavy atom. The predicted octanol–water partition coefficient (Wildman–Crippen LogP) is 11.3. The molecule has 0 saturated carbocycles. The number of benzene rings is 6. The Labute approximate surface area is 243 Å². The van der Waals surface area contributed by atoms with Crippen LogP contribution in [0.1, 0.15) is 0 Å². The maximum Gasteiger partial charge on any atom is 0.181 e. The van der Waals surface area contributed by atoms with Gasteiger partial charge in [-0.3, -0.25) is 0 Å². The van der Waals surface area contributed by atoms with E-state index in [2.05, 4.69) is 131 Å². The third-order valence-corrected chi connectivity index (χ3v) is 7.62. The molecule has 0 bridgehead atoms. The molecule has 0 fully saturated rings. The van der Waals surface area contributed by atoms with Gasteiger partial charge in [0.25, 0.3) is 0 Å². The quantitative estimate of drug-likeness (QED) is 0.209. The van der Waals surface area contributed by atoms with Crippen LogP contribution in [-0.2, 0) is 0 Å². The Bertz CT molecular complexity index is 1900. The van der Waals surface area contributed by atoms with Crippen LogP contribution in [0.15, 0.2) is 167 Å². The van der Waals surface area contributed by atoms with E-state index in [1.54, 1.807) is 0 Å². The van der Waals surface area contributed by atoms with Crippen LogP contribution in [-0.4, -0.2) is 0 Å². The van der Waals surface area contributed by atoms with Crippen molar-refractivity contribution in [3.8, 4) is 0 Å². The minimum absolute atomic E-state index is 0.756. The first-order valence-corrected chi connectivity index (χ1v) is 14.0. The molecule has 0 N–H and O–H groups in total. The maximum absolute atomic E-state index is 6.47. The highest BCUT2D eigenvalue weighted by Gasteiger charge is 2.21. The van der Waals surface area contributed by atoms with Gasteiger partial charge < -0.3 is 18.6 Å². The van der Waals surface area contributed by atoms with Crippen LogP contribution in [0.5, 0.6) is 0 Å². The molecule has 6 aromatic carbocycles. The van der Waals surface area contributed by atoms with E-state index in [-0.39, 0.29) is 0 Å². The van der Waals surface area contributed by atoms with Gasteiger partial charge >= 0.3 is 0 Å². The lowest BCUT2D eigenvalue weighted by Gasteiger charge is -2.25. The highest BCUT2D eigenvalue weighted by molar-refractivity contribution is 6.14. The lowest BCUT2D eigenvalue weighted by atomic mass is 10.1. The zero-order valence-electron chi connectivity index (χ0n) is 22.7. The fraction of sp³-hybridized carbons (Fsp3) is 0. The third kappa shape index (κ3) is 4.09. The summed E-state index contributed by atoms with van der Waals surface area (Å²) >= 11 is 0. The van der Waals surface area contributed by atoms with E-state index in [1.165, 1.54) is 0 Å². The molecule has 0 unspecified atom stereocenters. The molecular formula is C38H26N2O2. The Morgan fingerprint density at radius 3 is 0.929 bits per heavy atom. The predicted molar refractivity (Wildman–Crippen MR) is 173 cm³/mol. The number of para-hydroxylation sites is 4. The SMILES string of the molecule is c1ccc(N(c2ccccc2)c2ccc3oc4c5cc(N(c6ccccc6)c6ccccc6)ccc5oc4c3c2)cc1. The minimum atomic E-state index is 0.756. The van der Waals surface area contributed by atoms with Crippen LogP contribution in [0, 0.1) is 0 Å².